The molecule has 0 bridgehead atoms. The molecule has 8 nitrogen and oxygen atoms in total. The zero-order valence-corrected chi connectivity index (χ0v) is 38.3. The quantitative estimate of drug-likeness (QED) is 0.0260. The summed E-state index contributed by atoms with van der Waals surface area (Å²) in [6.07, 6.45) is 18.5. The van der Waals surface area contributed by atoms with Crippen molar-refractivity contribution < 1.29 is 28.5 Å². The molecule has 7 aromatic rings. The molecule has 7 rings (SSSR count). The molecule has 0 aromatic heterocycles. The lowest BCUT2D eigenvalue weighted by molar-refractivity contribution is 0.0733. The second kappa shape index (κ2) is 24.9. The third-order valence-electron chi connectivity index (χ3n) is 11.4. The summed E-state index contributed by atoms with van der Waals surface area (Å²) in [6, 6.07) is 45.0. The van der Waals surface area contributed by atoms with E-state index in [-0.39, 0.29) is 11.5 Å². The highest BCUT2D eigenvalue weighted by Crippen LogP contribution is 2.26. The fourth-order valence-electron chi connectivity index (χ4n) is 7.57. The van der Waals surface area contributed by atoms with E-state index in [1.807, 2.05) is 24.3 Å². The maximum absolute atomic E-state index is 13.1. The van der Waals surface area contributed by atoms with Gasteiger partial charge in [-0.3, -0.25) is 9.98 Å². The lowest BCUT2D eigenvalue weighted by Gasteiger charge is -2.08. The molecule has 0 saturated heterocycles. The molecule has 0 N–H and O–H groups in total. The van der Waals surface area contributed by atoms with E-state index in [1.165, 1.54) is 70.3 Å². The van der Waals surface area contributed by atoms with Crippen LogP contribution < -0.4 is 18.9 Å². The topological polar surface area (TPSA) is 95.8 Å². The van der Waals surface area contributed by atoms with E-state index in [9.17, 15) is 9.59 Å². The van der Waals surface area contributed by atoms with Gasteiger partial charge in [0, 0.05) is 18.5 Å². The minimum absolute atomic E-state index is 0.246. The Hall–Kier alpha value is -7.06. The molecule has 7 aromatic carbocycles. The van der Waals surface area contributed by atoms with Gasteiger partial charge in [-0.05, 0) is 143 Å². The molecule has 8 heteroatoms. The Morgan fingerprint density at radius 1 is 0.409 bits per heavy atom. The lowest BCUT2D eigenvalue weighted by atomic mass is 10.1. The Bertz CT molecular complexity index is 2540. The number of benzene rings is 7. The lowest BCUT2D eigenvalue weighted by Crippen LogP contribution is -2.10. The van der Waals surface area contributed by atoms with Crippen molar-refractivity contribution >= 4 is 57.3 Å². The molecular weight excluding hydrogens is 821 g/mol. The van der Waals surface area contributed by atoms with Gasteiger partial charge in [0.25, 0.3) is 0 Å². The number of aliphatic imine (C=N–C) groups is 2. The summed E-state index contributed by atoms with van der Waals surface area (Å²) in [6.45, 7) is 5.95. The van der Waals surface area contributed by atoms with Gasteiger partial charge >= 0.3 is 11.9 Å². The number of fused-ring (bicyclic) bond motifs is 2. The third-order valence-corrected chi connectivity index (χ3v) is 11.4. The number of unbranched alkanes of at least 4 members (excludes halogenated alkanes) is 10. The maximum atomic E-state index is 13.1. The average molecular weight is 881 g/mol. The van der Waals surface area contributed by atoms with Crippen LogP contribution >= 0.6 is 0 Å². The first kappa shape index (κ1) is 46.9. The van der Waals surface area contributed by atoms with Crippen LogP contribution in [0.2, 0.25) is 0 Å². The largest absolute Gasteiger partial charge is 0.494 e. The van der Waals surface area contributed by atoms with Gasteiger partial charge in [0.05, 0.1) is 35.7 Å². The number of nitrogens with zero attached hydrogens (tertiary/aromatic N) is 2. The van der Waals surface area contributed by atoms with E-state index >= 15 is 0 Å². The molecule has 0 aliphatic carbocycles. The molecule has 0 saturated carbocycles. The number of rotatable bonds is 24. The van der Waals surface area contributed by atoms with Crippen LogP contribution in [-0.4, -0.2) is 37.6 Å². The molecule has 0 fully saturated rings. The van der Waals surface area contributed by atoms with E-state index < -0.39 is 11.9 Å². The molecular formula is C58H60N2O6. The van der Waals surface area contributed by atoms with E-state index in [1.54, 1.807) is 79.2 Å². The summed E-state index contributed by atoms with van der Waals surface area (Å²) in [5, 5.41) is 4.44. The summed E-state index contributed by atoms with van der Waals surface area (Å²) in [5.41, 5.74) is 4.04. The zero-order valence-electron chi connectivity index (χ0n) is 38.3. The van der Waals surface area contributed by atoms with Gasteiger partial charge in [0.15, 0.2) is 0 Å². The molecule has 0 aliphatic rings. The van der Waals surface area contributed by atoms with E-state index in [0.29, 0.717) is 22.5 Å². The van der Waals surface area contributed by atoms with E-state index in [2.05, 4.69) is 72.4 Å². The van der Waals surface area contributed by atoms with Crippen LogP contribution in [-0.2, 0) is 0 Å². The van der Waals surface area contributed by atoms with Crippen molar-refractivity contribution in [2.24, 2.45) is 9.98 Å². The predicted molar refractivity (Wildman–Crippen MR) is 269 cm³/mol. The number of hydrogen-bond acceptors (Lipinski definition) is 8. The summed E-state index contributed by atoms with van der Waals surface area (Å²) in [4.78, 5) is 35.3. The van der Waals surface area contributed by atoms with Crippen LogP contribution in [0.5, 0.6) is 23.0 Å². The van der Waals surface area contributed by atoms with Gasteiger partial charge < -0.3 is 18.9 Å². The van der Waals surface area contributed by atoms with Crippen molar-refractivity contribution in [3.8, 4) is 23.0 Å². The number of ether oxygens (including phenoxy) is 4. The fraction of sp³-hybridized carbons (Fsp3) is 0.276. The molecule has 0 spiro atoms. The summed E-state index contributed by atoms with van der Waals surface area (Å²) < 4.78 is 23.3. The Morgan fingerprint density at radius 3 is 1.24 bits per heavy atom. The van der Waals surface area contributed by atoms with Crippen LogP contribution in [0.4, 0.5) is 11.4 Å². The van der Waals surface area contributed by atoms with Gasteiger partial charge in [-0.2, -0.15) is 0 Å². The fourth-order valence-corrected chi connectivity index (χ4v) is 7.57. The first-order chi connectivity index (χ1) is 32.4. The van der Waals surface area contributed by atoms with E-state index in [4.69, 9.17) is 18.9 Å². The number of carbonyl (C=O) groups is 2. The SMILES string of the molecule is CCCCCCCCOc1ccc2cc(C=Nc3ccc(C(=O)Oc4cccc(OC(=O)c5ccc(N=Cc6ccc7cc(OCCCCCCCC)ccc7c6)cc5)c4)cc3)ccc2c1. The molecule has 0 atom stereocenters. The van der Waals surface area contributed by atoms with Crippen LogP contribution in [0, 0.1) is 0 Å². The third kappa shape index (κ3) is 14.5. The summed E-state index contributed by atoms with van der Waals surface area (Å²) in [5.74, 6) is 1.19. The van der Waals surface area contributed by atoms with Crippen LogP contribution in [0.1, 0.15) is 123 Å². The van der Waals surface area contributed by atoms with Gasteiger partial charge in [-0.25, -0.2) is 9.59 Å². The highest BCUT2D eigenvalue weighted by Gasteiger charge is 2.13. The molecule has 0 aliphatic heterocycles. The van der Waals surface area contributed by atoms with Gasteiger partial charge in [-0.15, -0.1) is 0 Å². The predicted octanol–water partition coefficient (Wildman–Crippen LogP) is 15.4. The van der Waals surface area contributed by atoms with Crippen LogP contribution in [0.15, 0.2) is 156 Å². The van der Waals surface area contributed by atoms with Crippen molar-refractivity contribution in [1.82, 2.24) is 0 Å². The molecule has 0 amide bonds. The van der Waals surface area contributed by atoms with Gasteiger partial charge in [-0.1, -0.05) is 121 Å². The van der Waals surface area contributed by atoms with Crippen molar-refractivity contribution in [3.63, 3.8) is 0 Å². The normalized spacial score (nSPS) is 11.4. The molecule has 338 valence electrons. The number of carbonyl (C=O) groups excluding carboxylic acids is 2. The summed E-state index contributed by atoms with van der Waals surface area (Å²) in [7, 11) is 0. The first-order valence-electron chi connectivity index (χ1n) is 23.6. The van der Waals surface area contributed by atoms with Crippen LogP contribution in [0.3, 0.4) is 0 Å². The number of esters is 2. The Morgan fingerprint density at radius 2 is 0.803 bits per heavy atom. The smallest absolute Gasteiger partial charge is 0.343 e. The Labute approximate surface area is 389 Å². The highest BCUT2D eigenvalue weighted by molar-refractivity contribution is 5.95. The van der Waals surface area contributed by atoms with Gasteiger partial charge in [0.1, 0.15) is 23.0 Å². The molecule has 0 radical (unpaired) electrons. The van der Waals surface area contributed by atoms with Crippen molar-refractivity contribution in [2.75, 3.05) is 13.2 Å². The molecule has 0 unspecified atom stereocenters. The second-order valence-electron chi connectivity index (χ2n) is 16.6. The second-order valence-corrected chi connectivity index (χ2v) is 16.6. The number of hydrogen-bond donors (Lipinski definition) is 0. The van der Waals surface area contributed by atoms with Crippen molar-refractivity contribution in [3.05, 3.63) is 168 Å². The van der Waals surface area contributed by atoms with E-state index in [0.717, 1.165) is 70.2 Å². The first-order valence-corrected chi connectivity index (χ1v) is 23.6. The van der Waals surface area contributed by atoms with Crippen LogP contribution in [0.25, 0.3) is 21.5 Å². The zero-order chi connectivity index (χ0) is 45.8. The standard InChI is InChI=1S/C58H60N2O6/c1-3-5-7-9-11-13-34-63-53-32-26-47-36-43(18-20-49(47)38-53)41-59-51-28-22-45(23-29-51)57(61)65-55-16-15-17-56(40-55)66-58(62)46-24-30-52(31-25-46)60-42-44-19-21-50-39-54(33-27-48(50)37-44)64-35-14-12-10-8-6-4-2/h15-33,36-42H,3-14,34-35H2,1-2H3. The maximum Gasteiger partial charge on any atom is 0.343 e. The van der Waals surface area contributed by atoms with Crippen molar-refractivity contribution in [1.29, 1.82) is 0 Å². The molecule has 0 heterocycles. The minimum Gasteiger partial charge on any atom is -0.494 e. The Balaban J connectivity index is 0.855. The minimum atomic E-state index is -0.545. The monoisotopic (exact) mass is 880 g/mol. The highest BCUT2D eigenvalue weighted by atomic mass is 16.5. The van der Waals surface area contributed by atoms with Gasteiger partial charge in [0.2, 0.25) is 0 Å². The Kier molecular flexibility index (Phi) is 17.7. The van der Waals surface area contributed by atoms with Crippen molar-refractivity contribution in [2.45, 2.75) is 90.9 Å². The summed E-state index contributed by atoms with van der Waals surface area (Å²) >= 11 is 0. The average Bonchev–Trinajstić information content (AvgIpc) is 3.34. The molecule has 66 heavy (non-hydrogen) atoms.